The number of carbonyl (C=O) groups is 1. The van der Waals surface area contributed by atoms with E-state index in [1.54, 1.807) is 12.1 Å². The van der Waals surface area contributed by atoms with Gasteiger partial charge in [-0.3, -0.25) is 9.36 Å². The Morgan fingerprint density at radius 3 is 2.79 bits per heavy atom. The highest BCUT2D eigenvalue weighted by atomic mass is 31.2. The van der Waals surface area contributed by atoms with Crippen molar-refractivity contribution < 1.29 is 24.3 Å². The Balaban J connectivity index is 2.35. The fourth-order valence-corrected chi connectivity index (χ4v) is 2.44. The van der Waals surface area contributed by atoms with Gasteiger partial charge in [-0.2, -0.15) is 0 Å². The summed E-state index contributed by atoms with van der Waals surface area (Å²) in [6.45, 7) is 0.434. The lowest BCUT2D eigenvalue weighted by atomic mass is 9.91. The number of carboxylic acids is 1. The highest BCUT2D eigenvalue weighted by Gasteiger charge is 2.24. The number of rotatable bonds is 3. The van der Waals surface area contributed by atoms with Gasteiger partial charge < -0.3 is 20.2 Å². The zero-order valence-corrected chi connectivity index (χ0v) is 10.9. The highest BCUT2D eigenvalue weighted by Crippen LogP contribution is 2.37. The van der Waals surface area contributed by atoms with Crippen LogP contribution in [0.2, 0.25) is 0 Å². The Kier molecular flexibility index (Phi) is 3.87. The first-order chi connectivity index (χ1) is 8.87. The predicted octanol–water partition coefficient (Wildman–Crippen LogP) is 0.934. The molecule has 0 aliphatic carbocycles. The maximum atomic E-state index is 11.0. The highest BCUT2D eigenvalue weighted by molar-refractivity contribution is 7.55. The van der Waals surface area contributed by atoms with E-state index in [0.29, 0.717) is 18.5 Å². The average molecular weight is 283 g/mol. The van der Waals surface area contributed by atoms with E-state index >= 15 is 0 Å². The van der Waals surface area contributed by atoms with Crippen molar-refractivity contribution in [2.75, 3.05) is 0 Å². The zero-order chi connectivity index (χ0) is 14.0. The van der Waals surface area contributed by atoms with Crippen molar-refractivity contribution in [2.24, 2.45) is 0 Å². The van der Waals surface area contributed by atoms with Crippen LogP contribution < -0.4 is 5.32 Å². The van der Waals surface area contributed by atoms with Crippen LogP contribution >= 0.6 is 7.60 Å². The Bertz CT molecular complexity index is 577. The molecule has 0 fully saturated rings. The summed E-state index contributed by atoms with van der Waals surface area (Å²) in [5, 5.41) is 11.9. The quantitative estimate of drug-likeness (QED) is 0.615. The van der Waals surface area contributed by atoms with Crippen LogP contribution in [-0.4, -0.2) is 26.9 Å². The number of benzene rings is 1. The maximum absolute atomic E-state index is 11.0. The molecule has 7 heteroatoms. The van der Waals surface area contributed by atoms with Crippen molar-refractivity contribution in [2.45, 2.75) is 19.0 Å². The molecular weight excluding hydrogens is 269 g/mol. The zero-order valence-electron chi connectivity index (χ0n) is 9.98. The summed E-state index contributed by atoms with van der Waals surface area (Å²) < 4.78 is 10.8. The molecular formula is C12H14NO5P. The Labute approximate surface area is 109 Å². The third kappa shape index (κ3) is 3.52. The third-order valence-electron chi connectivity index (χ3n) is 3.00. The lowest BCUT2D eigenvalue weighted by Gasteiger charge is -2.24. The Hall–Kier alpha value is -1.46. The smallest absolute Gasteiger partial charge is 0.349 e. The molecule has 1 aromatic rings. The molecule has 1 aliphatic rings. The van der Waals surface area contributed by atoms with Crippen LogP contribution in [0.1, 0.15) is 16.7 Å². The summed E-state index contributed by atoms with van der Waals surface area (Å²) in [4.78, 5) is 28.7. The molecule has 0 spiro atoms. The van der Waals surface area contributed by atoms with Crippen molar-refractivity contribution in [1.82, 2.24) is 5.32 Å². The summed E-state index contributed by atoms with van der Waals surface area (Å²) >= 11 is 0. The van der Waals surface area contributed by atoms with Gasteiger partial charge in [0.2, 0.25) is 0 Å². The third-order valence-corrected chi connectivity index (χ3v) is 3.54. The van der Waals surface area contributed by atoms with Gasteiger partial charge in [-0.1, -0.05) is 18.2 Å². The molecule has 0 aromatic heterocycles. The van der Waals surface area contributed by atoms with Crippen LogP contribution in [0.25, 0.3) is 6.08 Å². The van der Waals surface area contributed by atoms with E-state index in [2.05, 4.69) is 5.32 Å². The molecule has 0 saturated heterocycles. The van der Waals surface area contributed by atoms with Gasteiger partial charge in [-0.05, 0) is 29.2 Å². The topological polar surface area (TPSA) is 107 Å². The number of hydrogen-bond donors (Lipinski definition) is 4. The van der Waals surface area contributed by atoms with Gasteiger partial charge >= 0.3 is 13.6 Å². The van der Waals surface area contributed by atoms with E-state index in [0.717, 1.165) is 16.9 Å². The molecule has 0 bridgehead atoms. The predicted molar refractivity (Wildman–Crippen MR) is 69.5 cm³/mol. The van der Waals surface area contributed by atoms with Crippen molar-refractivity contribution in [3.05, 3.63) is 40.7 Å². The molecule has 2 rings (SSSR count). The Morgan fingerprint density at radius 2 is 2.16 bits per heavy atom. The fourth-order valence-electron chi connectivity index (χ4n) is 2.09. The molecule has 19 heavy (non-hydrogen) atoms. The lowest BCUT2D eigenvalue weighted by Crippen LogP contribution is -2.41. The van der Waals surface area contributed by atoms with Crippen molar-refractivity contribution in [1.29, 1.82) is 0 Å². The van der Waals surface area contributed by atoms with Crippen LogP contribution in [0.5, 0.6) is 0 Å². The van der Waals surface area contributed by atoms with Gasteiger partial charge in [-0.25, -0.2) is 0 Å². The van der Waals surface area contributed by atoms with Crippen molar-refractivity contribution in [3.8, 4) is 0 Å². The number of aliphatic carboxylic acids is 1. The fraction of sp³-hybridized carbons (Fsp3) is 0.250. The molecule has 102 valence electrons. The van der Waals surface area contributed by atoms with E-state index in [1.807, 2.05) is 6.07 Å². The molecule has 1 heterocycles. The second-order valence-electron chi connectivity index (χ2n) is 4.37. The molecule has 0 amide bonds. The summed E-state index contributed by atoms with van der Waals surface area (Å²) in [6.07, 6.45) is 1.65. The number of hydrogen-bond acceptors (Lipinski definition) is 3. The lowest BCUT2D eigenvalue weighted by molar-refractivity contribution is -0.139. The van der Waals surface area contributed by atoms with Gasteiger partial charge in [0, 0.05) is 12.4 Å². The van der Waals surface area contributed by atoms with E-state index in [-0.39, 0.29) is 0 Å². The van der Waals surface area contributed by atoms with Gasteiger partial charge in [0.15, 0.2) is 0 Å². The first-order valence-electron chi connectivity index (χ1n) is 5.68. The van der Waals surface area contributed by atoms with Gasteiger partial charge in [0.1, 0.15) is 6.04 Å². The molecule has 1 unspecified atom stereocenters. The van der Waals surface area contributed by atoms with Gasteiger partial charge in [0.25, 0.3) is 0 Å². The van der Waals surface area contributed by atoms with Crippen LogP contribution in [0.15, 0.2) is 24.0 Å². The first kappa shape index (κ1) is 14.0. The molecule has 4 N–H and O–H groups in total. The Morgan fingerprint density at radius 1 is 1.42 bits per heavy atom. The largest absolute Gasteiger partial charge is 0.480 e. The number of fused-ring (bicyclic) bond motifs is 1. The number of nitrogens with one attached hydrogen (secondary N) is 1. The summed E-state index contributed by atoms with van der Waals surface area (Å²) in [7, 11) is -4.21. The summed E-state index contributed by atoms with van der Waals surface area (Å²) in [6, 6.07) is 4.70. The second-order valence-corrected chi connectivity index (χ2v) is 5.84. The summed E-state index contributed by atoms with van der Waals surface area (Å²) in [5.74, 6) is -0.0973. The van der Waals surface area contributed by atoms with Crippen LogP contribution in [0, 0.1) is 0 Å². The van der Waals surface area contributed by atoms with Gasteiger partial charge in [-0.15, -0.1) is 0 Å². The molecule has 0 radical (unpaired) electrons. The molecule has 6 nitrogen and oxygen atoms in total. The molecule has 0 saturated carbocycles. The van der Waals surface area contributed by atoms with E-state index in [9.17, 15) is 9.36 Å². The van der Waals surface area contributed by atoms with E-state index < -0.39 is 19.6 Å². The minimum Gasteiger partial charge on any atom is -0.480 e. The summed E-state index contributed by atoms with van der Waals surface area (Å²) in [5.41, 5.74) is 2.41. The monoisotopic (exact) mass is 283 g/mol. The van der Waals surface area contributed by atoms with Crippen molar-refractivity contribution in [3.63, 3.8) is 0 Å². The maximum Gasteiger partial charge on any atom is 0.349 e. The SMILES string of the molecule is O=C(O)C1Cc2c(/C=C/P(=O)(O)O)cccc2CN1. The molecule has 1 atom stereocenters. The van der Waals surface area contributed by atoms with Gasteiger partial charge in [0.05, 0.1) is 0 Å². The molecule has 1 aromatic carbocycles. The van der Waals surface area contributed by atoms with Crippen LogP contribution in [0.4, 0.5) is 0 Å². The minimum absolute atomic E-state index is 0.298. The van der Waals surface area contributed by atoms with Crippen molar-refractivity contribution >= 4 is 19.6 Å². The number of carboxylic acid groups (broad SMARTS) is 1. The van der Waals surface area contributed by atoms with Crippen LogP contribution in [0.3, 0.4) is 0 Å². The molecule has 1 aliphatic heterocycles. The normalized spacial score (nSPS) is 19.4. The first-order valence-corrected chi connectivity index (χ1v) is 7.36. The van der Waals surface area contributed by atoms with E-state index in [1.165, 1.54) is 6.08 Å². The standard InChI is InChI=1S/C12H14NO5P/c14-12(15)11-6-10-8(4-5-19(16,17)18)2-1-3-9(10)7-13-11/h1-5,11,13H,6-7H2,(H,14,15)(H2,16,17,18)/b5-4+. The second kappa shape index (κ2) is 5.27. The average Bonchev–Trinajstić information content (AvgIpc) is 2.34. The van der Waals surface area contributed by atoms with Crippen LogP contribution in [-0.2, 0) is 22.3 Å². The van der Waals surface area contributed by atoms with E-state index in [4.69, 9.17) is 14.9 Å². The minimum atomic E-state index is -4.21.